The maximum absolute atomic E-state index is 4.29. The van der Waals surface area contributed by atoms with Crippen LogP contribution in [0.5, 0.6) is 0 Å². The van der Waals surface area contributed by atoms with Crippen molar-refractivity contribution in [2.45, 2.75) is 31.2 Å². The van der Waals surface area contributed by atoms with Crippen molar-refractivity contribution in [3.05, 3.63) is 150 Å². The first-order chi connectivity index (χ1) is 15.8. The summed E-state index contributed by atoms with van der Waals surface area (Å²) in [6, 6.07) is 41.0. The summed E-state index contributed by atoms with van der Waals surface area (Å²) in [6.45, 7) is 6.53. The van der Waals surface area contributed by atoms with E-state index in [0.717, 1.165) is 12.1 Å². The van der Waals surface area contributed by atoms with Gasteiger partial charge in [-0.15, -0.1) is 6.58 Å². The van der Waals surface area contributed by atoms with E-state index in [0.29, 0.717) is 0 Å². The smallest absolute Gasteiger partial charge is 0.0591 e. The molecule has 0 fully saturated rings. The van der Waals surface area contributed by atoms with Crippen LogP contribution in [-0.4, -0.2) is 0 Å². The molecule has 0 spiro atoms. The van der Waals surface area contributed by atoms with Gasteiger partial charge < -0.3 is 5.32 Å². The third-order valence-corrected chi connectivity index (χ3v) is 6.23. The first-order valence-electron chi connectivity index (χ1n) is 11.4. The average Bonchev–Trinajstić information content (AvgIpc) is 2.88. The first-order valence-corrected chi connectivity index (χ1v) is 11.4. The Kier molecular flexibility index (Phi) is 7.19. The van der Waals surface area contributed by atoms with Crippen molar-refractivity contribution in [1.29, 1.82) is 0 Å². The summed E-state index contributed by atoms with van der Waals surface area (Å²) >= 11 is 0. The van der Waals surface area contributed by atoms with Gasteiger partial charge >= 0.3 is 0 Å². The van der Waals surface area contributed by atoms with Crippen LogP contribution in [-0.2, 0) is 6.42 Å². The number of aryl methyl sites for hydroxylation is 1. The van der Waals surface area contributed by atoms with Crippen molar-refractivity contribution in [2.75, 3.05) is 5.32 Å². The second kappa shape index (κ2) is 10.6. The molecule has 32 heavy (non-hydrogen) atoms. The van der Waals surface area contributed by atoms with Gasteiger partial charge in [0.05, 0.1) is 6.04 Å². The van der Waals surface area contributed by atoms with Crippen LogP contribution < -0.4 is 5.32 Å². The molecule has 4 aromatic carbocycles. The summed E-state index contributed by atoms with van der Waals surface area (Å²) in [5.74, 6) is 0.332. The van der Waals surface area contributed by atoms with E-state index in [1.165, 1.54) is 22.3 Å². The van der Waals surface area contributed by atoms with E-state index < -0.39 is 0 Å². The van der Waals surface area contributed by atoms with Gasteiger partial charge in [0.25, 0.3) is 0 Å². The minimum Gasteiger partial charge on any atom is -0.378 e. The Labute approximate surface area is 192 Å². The van der Waals surface area contributed by atoms with Crippen molar-refractivity contribution in [2.24, 2.45) is 0 Å². The summed E-state index contributed by atoms with van der Waals surface area (Å²) in [7, 11) is 0. The number of anilines is 1. The van der Waals surface area contributed by atoms with Crippen molar-refractivity contribution >= 4 is 5.69 Å². The van der Waals surface area contributed by atoms with Gasteiger partial charge in [0, 0.05) is 17.5 Å². The average molecular weight is 418 g/mol. The van der Waals surface area contributed by atoms with Crippen LogP contribution >= 0.6 is 0 Å². The lowest BCUT2D eigenvalue weighted by Crippen LogP contribution is -2.25. The predicted molar refractivity (Wildman–Crippen MR) is 137 cm³/mol. The van der Waals surface area contributed by atoms with Gasteiger partial charge in [-0.3, -0.25) is 0 Å². The summed E-state index contributed by atoms with van der Waals surface area (Å²) in [5, 5.41) is 3.88. The van der Waals surface area contributed by atoms with Gasteiger partial charge in [0.1, 0.15) is 0 Å². The molecule has 0 aromatic heterocycles. The van der Waals surface area contributed by atoms with Crippen LogP contribution in [0, 0.1) is 0 Å². The molecule has 0 aliphatic heterocycles. The van der Waals surface area contributed by atoms with Gasteiger partial charge in [-0.2, -0.15) is 0 Å². The SMILES string of the molecule is C=CC(c1ccccc1)C(c1ccccc1CC)C(Nc1ccccc1)c1ccccc1. The van der Waals surface area contributed by atoms with Crippen LogP contribution in [0.2, 0.25) is 0 Å². The molecule has 3 atom stereocenters. The third kappa shape index (κ3) is 4.84. The van der Waals surface area contributed by atoms with Crippen LogP contribution in [0.15, 0.2) is 128 Å². The quantitative estimate of drug-likeness (QED) is 0.271. The molecule has 0 aliphatic rings. The number of benzene rings is 4. The molecule has 1 nitrogen and oxygen atoms in total. The van der Waals surface area contributed by atoms with Gasteiger partial charge in [-0.1, -0.05) is 116 Å². The number of para-hydroxylation sites is 1. The largest absolute Gasteiger partial charge is 0.378 e. The number of rotatable bonds is 9. The molecule has 0 aliphatic carbocycles. The maximum atomic E-state index is 4.29. The van der Waals surface area contributed by atoms with E-state index in [1.54, 1.807) is 0 Å². The van der Waals surface area contributed by atoms with Crippen LogP contribution in [0.25, 0.3) is 0 Å². The molecule has 0 heterocycles. The lowest BCUT2D eigenvalue weighted by molar-refractivity contribution is 0.534. The zero-order valence-electron chi connectivity index (χ0n) is 18.7. The summed E-state index contributed by atoms with van der Waals surface area (Å²) in [4.78, 5) is 0. The Morgan fingerprint density at radius 2 is 1.22 bits per heavy atom. The van der Waals surface area contributed by atoms with E-state index in [9.17, 15) is 0 Å². The molecule has 0 saturated heterocycles. The Morgan fingerprint density at radius 1 is 0.688 bits per heavy atom. The molecule has 1 N–H and O–H groups in total. The number of allylic oxidation sites excluding steroid dienone is 1. The Balaban J connectivity index is 1.91. The molecule has 4 rings (SSSR count). The van der Waals surface area contributed by atoms with Gasteiger partial charge in [0.15, 0.2) is 0 Å². The lowest BCUT2D eigenvalue weighted by Gasteiger charge is -2.36. The number of hydrogen-bond donors (Lipinski definition) is 1. The highest BCUT2D eigenvalue weighted by atomic mass is 14.9. The third-order valence-electron chi connectivity index (χ3n) is 6.23. The Hall–Kier alpha value is -3.58. The molecule has 1 heteroatoms. The minimum absolute atomic E-state index is 0.0782. The topological polar surface area (TPSA) is 12.0 Å². The fourth-order valence-electron chi connectivity index (χ4n) is 4.68. The standard InChI is InChI=1S/C31H31N/c1-3-24-16-14-15-23-29(24)30(28(4-2)25-17-8-5-9-18-25)31(26-19-10-6-11-20-26)32-27-21-12-7-13-22-27/h4-23,28,30-32H,2-3H2,1H3. The molecule has 0 amide bonds. The van der Waals surface area contributed by atoms with E-state index in [4.69, 9.17) is 0 Å². The highest BCUT2D eigenvalue weighted by Gasteiger charge is 2.33. The van der Waals surface area contributed by atoms with Crippen LogP contribution in [0.3, 0.4) is 0 Å². The van der Waals surface area contributed by atoms with E-state index in [2.05, 4.69) is 140 Å². The van der Waals surface area contributed by atoms with E-state index in [1.807, 2.05) is 0 Å². The molecular weight excluding hydrogens is 386 g/mol. The van der Waals surface area contributed by atoms with Crippen molar-refractivity contribution < 1.29 is 0 Å². The predicted octanol–water partition coefficient (Wildman–Crippen LogP) is 8.16. The normalized spacial score (nSPS) is 13.7. The Bertz CT molecular complexity index is 1100. The van der Waals surface area contributed by atoms with Crippen molar-refractivity contribution in [3.8, 4) is 0 Å². The molecule has 160 valence electrons. The summed E-state index contributed by atoms with van der Waals surface area (Å²) in [5.41, 5.74) is 6.44. The van der Waals surface area contributed by atoms with Crippen LogP contribution in [0.4, 0.5) is 5.69 Å². The second-order valence-corrected chi connectivity index (χ2v) is 8.15. The maximum Gasteiger partial charge on any atom is 0.0591 e. The minimum atomic E-state index is 0.0782. The monoisotopic (exact) mass is 417 g/mol. The fourth-order valence-corrected chi connectivity index (χ4v) is 4.68. The number of hydrogen-bond acceptors (Lipinski definition) is 1. The molecule has 4 aromatic rings. The van der Waals surface area contributed by atoms with E-state index in [-0.39, 0.29) is 17.9 Å². The van der Waals surface area contributed by atoms with Gasteiger partial charge in [-0.05, 0) is 40.8 Å². The number of nitrogens with one attached hydrogen (secondary N) is 1. The summed E-state index contributed by atoms with van der Waals surface area (Å²) in [6.07, 6.45) is 3.12. The molecular formula is C31H31N. The molecule has 0 radical (unpaired) electrons. The highest BCUT2D eigenvalue weighted by molar-refractivity contribution is 5.49. The van der Waals surface area contributed by atoms with E-state index >= 15 is 0 Å². The Morgan fingerprint density at radius 3 is 1.81 bits per heavy atom. The van der Waals surface area contributed by atoms with Gasteiger partial charge in [0.2, 0.25) is 0 Å². The van der Waals surface area contributed by atoms with Crippen molar-refractivity contribution in [3.63, 3.8) is 0 Å². The molecule has 0 saturated carbocycles. The fraction of sp³-hybridized carbons (Fsp3) is 0.161. The molecule has 0 bridgehead atoms. The lowest BCUT2D eigenvalue weighted by atomic mass is 9.73. The van der Waals surface area contributed by atoms with Crippen LogP contribution in [0.1, 0.15) is 47.1 Å². The zero-order chi connectivity index (χ0) is 22.2. The highest BCUT2D eigenvalue weighted by Crippen LogP contribution is 2.45. The zero-order valence-corrected chi connectivity index (χ0v) is 18.7. The summed E-state index contributed by atoms with van der Waals surface area (Å²) < 4.78 is 0. The van der Waals surface area contributed by atoms with Crippen molar-refractivity contribution in [1.82, 2.24) is 0 Å². The molecule has 3 unspecified atom stereocenters. The first kappa shape index (κ1) is 21.6. The van der Waals surface area contributed by atoms with Gasteiger partial charge in [-0.25, -0.2) is 0 Å². The second-order valence-electron chi connectivity index (χ2n) is 8.15.